The van der Waals surface area contributed by atoms with Crippen LogP contribution in [0.1, 0.15) is 24.8 Å². The maximum absolute atomic E-state index is 12.7. The molecule has 0 saturated carbocycles. The van der Waals surface area contributed by atoms with E-state index < -0.39 is 12.0 Å². The van der Waals surface area contributed by atoms with Gasteiger partial charge in [-0.15, -0.1) is 0 Å². The molecule has 2 aliphatic rings. The Morgan fingerprint density at radius 1 is 1.17 bits per heavy atom. The predicted octanol–water partition coefficient (Wildman–Crippen LogP) is 1.13. The van der Waals surface area contributed by atoms with Crippen LogP contribution in [0, 0.1) is 0 Å². The van der Waals surface area contributed by atoms with Crippen LogP contribution in [-0.4, -0.2) is 71.5 Å². The number of aromatic nitrogens is 1. The number of methoxy groups -OCH3 is 1. The molecule has 1 atom stereocenters. The van der Waals surface area contributed by atoms with E-state index >= 15 is 0 Å². The van der Waals surface area contributed by atoms with Gasteiger partial charge in [-0.1, -0.05) is 18.2 Å². The van der Waals surface area contributed by atoms with Crippen LogP contribution in [0.15, 0.2) is 30.5 Å². The van der Waals surface area contributed by atoms with Crippen molar-refractivity contribution < 1.29 is 19.1 Å². The Labute approximate surface area is 175 Å². The van der Waals surface area contributed by atoms with Crippen molar-refractivity contribution in [2.75, 3.05) is 33.3 Å². The number of nitrogens with zero attached hydrogens (tertiary/aromatic N) is 3. The number of nitrogens with one attached hydrogen (secondary N) is 1. The van der Waals surface area contributed by atoms with Gasteiger partial charge in [0.2, 0.25) is 11.8 Å². The number of carbonyl (C=O) groups is 3. The minimum atomic E-state index is -0.556. The molecule has 160 valence electrons. The summed E-state index contributed by atoms with van der Waals surface area (Å²) in [4.78, 5) is 40.8. The number of fused-ring (bicyclic) bond motifs is 1. The Hall–Kier alpha value is -2.87. The van der Waals surface area contributed by atoms with E-state index in [0.29, 0.717) is 26.2 Å². The zero-order valence-electron chi connectivity index (χ0n) is 17.3. The van der Waals surface area contributed by atoms with E-state index in [1.54, 1.807) is 0 Å². The molecule has 2 saturated heterocycles. The second-order valence-corrected chi connectivity index (χ2v) is 7.94. The van der Waals surface area contributed by atoms with Crippen molar-refractivity contribution in [1.82, 2.24) is 19.7 Å². The molecule has 1 aromatic heterocycles. The predicted molar refractivity (Wildman–Crippen MR) is 112 cm³/mol. The van der Waals surface area contributed by atoms with Gasteiger partial charge in [-0.2, -0.15) is 0 Å². The van der Waals surface area contributed by atoms with Crippen LogP contribution in [0.4, 0.5) is 0 Å². The highest BCUT2D eigenvalue weighted by molar-refractivity contribution is 5.88. The van der Waals surface area contributed by atoms with Crippen LogP contribution in [0.3, 0.4) is 0 Å². The number of hydrogen-bond donors (Lipinski definition) is 1. The zero-order chi connectivity index (χ0) is 21.1. The molecule has 30 heavy (non-hydrogen) atoms. The standard InChI is InChI=1S/C22H28N4O4/c1-30-21(28)12-19-22(29)23-8-11-25(19)13-16-14-26(18-7-3-2-6-17(16)18)15-20(27)24-9-4-5-10-24/h2-3,6-7,14,19H,4-5,8-13,15H2,1H3,(H,23,29). The lowest BCUT2D eigenvalue weighted by atomic mass is 10.1. The minimum Gasteiger partial charge on any atom is -0.469 e. The molecule has 8 nitrogen and oxygen atoms in total. The van der Waals surface area contributed by atoms with Gasteiger partial charge in [-0.3, -0.25) is 19.3 Å². The summed E-state index contributed by atoms with van der Waals surface area (Å²) in [7, 11) is 1.33. The zero-order valence-corrected chi connectivity index (χ0v) is 17.3. The molecule has 3 heterocycles. The average Bonchev–Trinajstić information content (AvgIpc) is 3.40. The SMILES string of the molecule is COC(=O)CC1C(=O)NCCN1Cc1cn(CC(=O)N2CCCC2)c2ccccc12. The molecule has 0 radical (unpaired) electrons. The van der Waals surface area contributed by atoms with Crippen molar-refractivity contribution in [1.29, 1.82) is 0 Å². The fourth-order valence-electron chi connectivity index (χ4n) is 4.43. The number of carbonyl (C=O) groups excluding carboxylic acids is 3. The van der Waals surface area contributed by atoms with E-state index in [1.165, 1.54) is 7.11 Å². The Bertz CT molecular complexity index is 948. The van der Waals surface area contributed by atoms with Gasteiger partial charge >= 0.3 is 5.97 Å². The molecule has 1 aromatic carbocycles. The van der Waals surface area contributed by atoms with E-state index in [4.69, 9.17) is 4.74 Å². The largest absolute Gasteiger partial charge is 0.469 e. The summed E-state index contributed by atoms with van der Waals surface area (Å²) >= 11 is 0. The molecule has 0 spiro atoms. The number of ether oxygens (including phenoxy) is 1. The Kier molecular flexibility index (Phi) is 6.03. The molecule has 2 amide bonds. The van der Waals surface area contributed by atoms with E-state index in [0.717, 1.165) is 42.4 Å². The van der Waals surface area contributed by atoms with Gasteiger partial charge in [0, 0.05) is 49.8 Å². The molecule has 4 rings (SSSR count). The fourth-order valence-corrected chi connectivity index (χ4v) is 4.43. The molecule has 1 unspecified atom stereocenters. The number of para-hydroxylation sites is 1. The summed E-state index contributed by atoms with van der Waals surface area (Å²) in [5, 5.41) is 3.90. The first-order chi connectivity index (χ1) is 14.6. The lowest BCUT2D eigenvalue weighted by molar-refractivity contribution is -0.146. The first-order valence-electron chi connectivity index (χ1n) is 10.5. The molecular weight excluding hydrogens is 384 g/mol. The summed E-state index contributed by atoms with van der Waals surface area (Å²) in [6.07, 6.45) is 4.18. The minimum absolute atomic E-state index is 0.0222. The first-order valence-corrected chi connectivity index (χ1v) is 10.5. The number of likely N-dealkylation sites (tertiary alicyclic amines) is 1. The average molecular weight is 412 g/mol. The quantitative estimate of drug-likeness (QED) is 0.719. The van der Waals surface area contributed by atoms with Crippen LogP contribution in [0.5, 0.6) is 0 Å². The summed E-state index contributed by atoms with van der Waals surface area (Å²) in [5.74, 6) is -0.416. The molecule has 2 aliphatic heterocycles. The normalized spacial score (nSPS) is 19.8. The number of rotatable bonds is 6. The van der Waals surface area contributed by atoms with E-state index in [1.807, 2.05) is 44.8 Å². The van der Waals surface area contributed by atoms with Gasteiger partial charge in [0.25, 0.3) is 0 Å². The molecule has 2 aromatic rings. The Morgan fingerprint density at radius 3 is 2.70 bits per heavy atom. The molecule has 8 heteroatoms. The third-order valence-electron chi connectivity index (χ3n) is 6.04. The van der Waals surface area contributed by atoms with Crippen molar-refractivity contribution in [2.24, 2.45) is 0 Å². The van der Waals surface area contributed by atoms with Crippen LogP contribution in [0.25, 0.3) is 10.9 Å². The second kappa shape index (κ2) is 8.87. The molecule has 1 N–H and O–H groups in total. The summed E-state index contributed by atoms with van der Waals surface area (Å²) in [6, 6.07) is 7.45. The van der Waals surface area contributed by atoms with Gasteiger partial charge in [0.1, 0.15) is 12.6 Å². The van der Waals surface area contributed by atoms with Crippen LogP contribution in [0.2, 0.25) is 0 Å². The highest BCUT2D eigenvalue weighted by atomic mass is 16.5. The molecule has 0 bridgehead atoms. The van der Waals surface area contributed by atoms with Crippen molar-refractivity contribution in [3.05, 3.63) is 36.0 Å². The lowest BCUT2D eigenvalue weighted by Crippen LogP contribution is -2.55. The third kappa shape index (κ3) is 4.18. The molecular formula is C22H28N4O4. The van der Waals surface area contributed by atoms with Gasteiger partial charge in [0.15, 0.2) is 0 Å². The topological polar surface area (TPSA) is 83.9 Å². The van der Waals surface area contributed by atoms with Gasteiger partial charge < -0.3 is 19.5 Å². The maximum atomic E-state index is 12.7. The van der Waals surface area contributed by atoms with Crippen molar-refractivity contribution in [3.63, 3.8) is 0 Å². The summed E-state index contributed by atoms with van der Waals surface area (Å²) in [6.45, 7) is 3.71. The van der Waals surface area contributed by atoms with E-state index in [-0.39, 0.29) is 18.2 Å². The summed E-state index contributed by atoms with van der Waals surface area (Å²) < 4.78 is 6.78. The van der Waals surface area contributed by atoms with E-state index in [2.05, 4.69) is 5.32 Å². The number of esters is 1. The maximum Gasteiger partial charge on any atom is 0.307 e. The highest BCUT2D eigenvalue weighted by Crippen LogP contribution is 2.25. The Morgan fingerprint density at radius 2 is 1.93 bits per heavy atom. The van der Waals surface area contributed by atoms with E-state index in [9.17, 15) is 14.4 Å². The third-order valence-corrected chi connectivity index (χ3v) is 6.04. The van der Waals surface area contributed by atoms with Crippen molar-refractivity contribution in [2.45, 2.75) is 38.4 Å². The number of amides is 2. The summed E-state index contributed by atoms with van der Waals surface area (Å²) in [5.41, 5.74) is 2.05. The van der Waals surface area contributed by atoms with Crippen LogP contribution < -0.4 is 5.32 Å². The van der Waals surface area contributed by atoms with Gasteiger partial charge in [-0.05, 0) is 24.5 Å². The number of piperazine rings is 1. The lowest BCUT2D eigenvalue weighted by Gasteiger charge is -2.34. The number of hydrogen-bond acceptors (Lipinski definition) is 5. The smallest absolute Gasteiger partial charge is 0.307 e. The second-order valence-electron chi connectivity index (χ2n) is 7.94. The van der Waals surface area contributed by atoms with Crippen LogP contribution in [-0.2, 0) is 32.2 Å². The number of benzene rings is 1. The fraction of sp³-hybridized carbons (Fsp3) is 0.500. The molecule has 2 fully saturated rings. The van der Waals surface area contributed by atoms with Crippen molar-refractivity contribution in [3.8, 4) is 0 Å². The Balaban J connectivity index is 1.58. The molecule has 0 aliphatic carbocycles. The van der Waals surface area contributed by atoms with Gasteiger partial charge in [0.05, 0.1) is 13.5 Å². The van der Waals surface area contributed by atoms with Gasteiger partial charge in [-0.25, -0.2) is 0 Å². The highest BCUT2D eigenvalue weighted by Gasteiger charge is 2.32. The van der Waals surface area contributed by atoms with Crippen molar-refractivity contribution >= 4 is 28.7 Å². The van der Waals surface area contributed by atoms with Crippen LogP contribution >= 0.6 is 0 Å². The first kappa shape index (κ1) is 20.4. The monoisotopic (exact) mass is 412 g/mol.